The highest BCUT2D eigenvalue weighted by molar-refractivity contribution is 6.07. The van der Waals surface area contributed by atoms with Crippen LogP contribution >= 0.6 is 12.4 Å². The zero-order chi connectivity index (χ0) is 11.5. The molecule has 1 aromatic carbocycles. The summed E-state index contributed by atoms with van der Waals surface area (Å²) in [4.78, 5) is 11.0. The van der Waals surface area contributed by atoms with E-state index in [0.717, 1.165) is 17.0 Å². The molecule has 0 saturated carbocycles. The summed E-state index contributed by atoms with van der Waals surface area (Å²) in [5.74, 6) is 5.27. The summed E-state index contributed by atoms with van der Waals surface area (Å²) >= 11 is 0. The number of hydrogen-bond donors (Lipinski definition) is 4. The molecule has 1 heterocycles. The number of nitrogens with two attached hydrogens (primary N) is 1. The number of urea groups is 1. The number of nitrogens with zero attached hydrogens (tertiary/aromatic N) is 1. The molecule has 1 aromatic rings. The molecule has 0 radical (unpaired) electrons. The predicted molar refractivity (Wildman–Crippen MR) is 69.2 cm³/mol. The van der Waals surface area contributed by atoms with Crippen LogP contribution in [0.4, 0.5) is 10.5 Å². The number of nitrogen functional groups attached to an aromatic ring is 1. The van der Waals surface area contributed by atoms with Gasteiger partial charge in [-0.3, -0.25) is 5.84 Å². The third kappa shape index (κ3) is 2.86. The molecule has 0 saturated heterocycles. The molecule has 1 atom stereocenters. The summed E-state index contributed by atoms with van der Waals surface area (Å²) in [6, 6.07) is 7.09. The lowest BCUT2D eigenvalue weighted by Gasteiger charge is -2.21. The highest BCUT2D eigenvalue weighted by atomic mass is 35.5. The first kappa shape index (κ1) is 13.3. The number of carbonyl (C=O) groups is 1. The lowest BCUT2D eigenvalue weighted by molar-refractivity contribution is 0.239. The Bertz CT molecular complexity index is 431. The third-order valence-electron chi connectivity index (χ3n) is 2.38. The maximum atomic E-state index is 11.0. The number of hydrazone groups is 1. The molecule has 92 valence electrons. The number of nitrogens with one attached hydrogen (secondary N) is 3. The van der Waals surface area contributed by atoms with Gasteiger partial charge in [0.25, 0.3) is 0 Å². The van der Waals surface area contributed by atoms with Crippen LogP contribution in [0, 0.1) is 0 Å². The highest BCUT2D eigenvalue weighted by Gasteiger charge is 2.19. The maximum Gasteiger partial charge on any atom is 0.335 e. The van der Waals surface area contributed by atoms with Gasteiger partial charge in [-0.1, -0.05) is 12.1 Å². The first-order chi connectivity index (χ1) is 7.70. The largest absolute Gasteiger partial charge is 0.335 e. The van der Waals surface area contributed by atoms with E-state index < -0.39 is 0 Å². The fourth-order valence-electron chi connectivity index (χ4n) is 1.56. The van der Waals surface area contributed by atoms with Gasteiger partial charge in [0.05, 0.1) is 11.8 Å². The van der Waals surface area contributed by atoms with Gasteiger partial charge in [-0.05, 0) is 19.1 Å². The van der Waals surface area contributed by atoms with Gasteiger partial charge in [0, 0.05) is 11.3 Å². The fraction of sp³-hybridized carbons (Fsp3) is 0.200. The minimum Gasteiger partial charge on any atom is -0.328 e. The van der Waals surface area contributed by atoms with Gasteiger partial charge in [-0.25, -0.2) is 10.2 Å². The summed E-state index contributed by atoms with van der Waals surface area (Å²) in [5, 5.41) is 6.76. The Kier molecular flexibility index (Phi) is 4.30. The van der Waals surface area contributed by atoms with Gasteiger partial charge < -0.3 is 10.7 Å². The molecule has 0 fully saturated rings. The van der Waals surface area contributed by atoms with Crippen molar-refractivity contribution in [3.63, 3.8) is 0 Å². The molecular weight excluding hydrogens is 242 g/mol. The van der Waals surface area contributed by atoms with E-state index in [1.54, 1.807) is 0 Å². The van der Waals surface area contributed by atoms with E-state index in [1.807, 2.05) is 31.2 Å². The first-order valence-electron chi connectivity index (χ1n) is 4.92. The van der Waals surface area contributed by atoms with Crippen LogP contribution in [-0.4, -0.2) is 17.8 Å². The minimum absolute atomic E-state index is 0. The second kappa shape index (κ2) is 5.51. The van der Waals surface area contributed by atoms with Crippen LogP contribution in [0.1, 0.15) is 12.5 Å². The SMILES string of the molecule is CC1NC(=O)NN=C1c1ccc(NN)cc1.Cl. The quantitative estimate of drug-likeness (QED) is 0.465. The van der Waals surface area contributed by atoms with Gasteiger partial charge in [-0.15, -0.1) is 12.4 Å². The standard InChI is InChI=1S/C10H13N5O.ClH/c1-6-9(14-15-10(16)12-6)7-2-4-8(13-11)5-3-7;/h2-6,13H,11H2,1H3,(H2,12,15,16);1H. The summed E-state index contributed by atoms with van der Waals surface area (Å²) in [6.45, 7) is 1.88. The zero-order valence-electron chi connectivity index (χ0n) is 9.23. The summed E-state index contributed by atoms with van der Waals surface area (Å²) < 4.78 is 0. The Labute approximate surface area is 105 Å². The average molecular weight is 256 g/mol. The highest BCUT2D eigenvalue weighted by Crippen LogP contribution is 2.11. The van der Waals surface area contributed by atoms with E-state index in [0.29, 0.717) is 0 Å². The van der Waals surface area contributed by atoms with Crippen LogP contribution in [0.3, 0.4) is 0 Å². The topological polar surface area (TPSA) is 91.5 Å². The van der Waals surface area contributed by atoms with E-state index in [4.69, 9.17) is 5.84 Å². The summed E-state index contributed by atoms with van der Waals surface area (Å²) in [7, 11) is 0. The first-order valence-corrected chi connectivity index (χ1v) is 4.92. The van der Waals surface area contributed by atoms with Gasteiger partial charge in [0.2, 0.25) is 0 Å². The maximum absolute atomic E-state index is 11.0. The van der Waals surface area contributed by atoms with Crippen molar-refractivity contribution in [3.05, 3.63) is 29.8 Å². The van der Waals surface area contributed by atoms with Gasteiger partial charge in [0.1, 0.15) is 0 Å². The Morgan fingerprint density at radius 2 is 2.00 bits per heavy atom. The van der Waals surface area contributed by atoms with Crippen LogP contribution in [0.15, 0.2) is 29.4 Å². The number of carbonyl (C=O) groups excluding carboxylic acids is 1. The van der Waals surface area contributed by atoms with Crippen LogP contribution in [0.5, 0.6) is 0 Å². The number of anilines is 1. The normalized spacial score (nSPS) is 18.4. The Morgan fingerprint density at radius 3 is 2.53 bits per heavy atom. The van der Waals surface area contributed by atoms with Crippen molar-refractivity contribution >= 4 is 29.8 Å². The molecule has 6 nitrogen and oxygen atoms in total. The molecule has 0 aromatic heterocycles. The molecule has 1 aliphatic heterocycles. The zero-order valence-corrected chi connectivity index (χ0v) is 10.0. The molecule has 2 rings (SSSR count). The second-order valence-electron chi connectivity index (χ2n) is 3.53. The predicted octanol–water partition coefficient (Wildman–Crippen LogP) is 0.799. The van der Waals surface area contributed by atoms with E-state index >= 15 is 0 Å². The summed E-state index contributed by atoms with van der Waals surface area (Å²) in [6.07, 6.45) is 0. The molecule has 0 spiro atoms. The van der Waals surface area contributed by atoms with Crippen molar-refractivity contribution in [1.82, 2.24) is 10.7 Å². The molecule has 1 aliphatic rings. The number of hydrogen-bond acceptors (Lipinski definition) is 4. The van der Waals surface area contributed by atoms with E-state index in [-0.39, 0.29) is 24.5 Å². The van der Waals surface area contributed by atoms with Crippen molar-refractivity contribution in [2.24, 2.45) is 10.9 Å². The number of halogens is 1. The molecular formula is C10H14ClN5O. The molecule has 2 amide bonds. The molecule has 0 aliphatic carbocycles. The van der Waals surface area contributed by atoms with Crippen molar-refractivity contribution in [3.8, 4) is 0 Å². The van der Waals surface area contributed by atoms with Crippen molar-refractivity contribution in [2.75, 3.05) is 5.43 Å². The number of amides is 2. The molecule has 5 N–H and O–H groups in total. The molecule has 0 bridgehead atoms. The minimum atomic E-state index is -0.281. The van der Waals surface area contributed by atoms with E-state index in [1.165, 1.54) is 0 Å². The third-order valence-corrected chi connectivity index (χ3v) is 2.38. The Morgan fingerprint density at radius 1 is 1.35 bits per heavy atom. The van der Waals surface area contributed by atoms with E-state index in [9.17, 15) is 4.79 Å². The van der Waals surface area contributed by atoms with Gasteiger partial charge in [0.15, 0.2) is 0 Å². The number of benzene rings is 1. The van der Waals surface area contributed by atoms with Gasteiger partial charge in [-0.2, -0.15) is 5.10 Å². The number of hydrazine groups is 1. The lowest BCUT2D eigenvalue weighted by atomic mass is 10.0. The fourth-order valence-corrected chi connectivity index (χ4v) is 1.56. The Balaban J connectivity index is 0.00000144. The van der Waals surface area contributed by atoms with Crippen LogP contribution in [0.25, 0.3) is 0 Å². The number of rotatable bonds is 2. The van der Waals surface area contributed by atoms with Crippen molar-refractivity contribution in [1.29, 1.82) is 0 Å². The Hall–Kier alpha value is -1.79. The monoisotopic (exact) mass is 255 g/mol. The van der Waals surface area contributed by atoms with Gasteiger partial charge >= 0.3 is 6.03 Å². The van der Waals surface area contributed by atoms with Crippen molar-refractivity contribution in [2.45, 2.75) is 13.0 Å². The molecule has 17 heavy (non-hydrogen) atoms. The van der Waals surface area contributed by atoms with E-state index in [2.05, 4.69) is 21.3 Å². The molecule has 1 unspecified atom stereocenters. The van der Waals surface area contributed by atoms with Crippen LogP contribution in [0.2, 0.25) is 0 Å². The lowest BCUT2D eigenvalue weighted by Crippen LogP contribution is -2.48. The van der Waals surface area contributed by atoms with Crippen LogP contribution in [-0.2, 0) is 0 Å². The van der Waals surface area contributed by atoms with Crippen molar-refractivity contribution < 1.29 is 4.79 Å². The molecule has 7 heteroatoms. The van der Waals surface area contributed by atoms with Crippen LogP contribution < -0.4 is 22.0 Å². The smallest absolute Gasteiger partial charge is 0.328 e. The second-order valence-corrected chi connectivity index (χ2v) is 3.53. The average Bonchev–Trinajstić information content (AvgIpc) is 2.29. The summed E-state index contributed by atoms with van der Waals surface area (Å²) in [5.41, 5.74) is 7.50.